The SMILES string of the molecule is CC(C)Nc1nn(C2CCCCCC2)c(N)c1C#N. The molecule has 104 valence electrons. The van der Waals surface area contributed by atoms with Gasteiger partial charge in [-0.3, -0.25) is 0 Å². The van der Waals surface area contributed by atoms with Gasteiger partial charge in [-0.2, -0.15) is 10.4 Å². The molecule has 5 nitrogen and oxygen atoms in total. The van der Waals surface area contributed by atoms with E-state index in [-0.39, 0.29) is 6.04 Å². The third-order valence-corrected chi connectivity index (χ3v) is 3.66. The van der Waals surface area contributed by atoms with Crippen molar-refractivity contribution in [3.63, 3.8) is 0 Å². The predicted molar refractivity (Wildman–Crippen MR) is 76.9 cm³/mol. The summed E-state index contributed by atoms with van der Waals surface area (Å²) in [4.78, 5) is 0. The van der Waals surface area contributed by atoms with E-state index in [0.29, 0.717) is 23.2 Å². The number of hydrogen-bond donors (Lipinski definition) is 2. The van der Waals surface area contributed by atoms with Crippen molar-refractivity contribution in [3.8, 4) is 6.07 Å². The molecule has 2 rings (SSSR count). The molecule has 3 N–H and O–H groups in total. The number of nitrogen functional groups attached to an aromatic ring is 1. The summed E-state index contributed by atoms with van der Waals surface area (Å²) in [5, 5.41) is 17.0. The Morgan fingerprint density at radius 1 is 1.32 bits per heavy atom. The van der Waals surface area contributed by atoms with Crippen LogP contribution < -0.4 is 11.1 Å². The largest absolute Gasteiger partial charge is 0.383 e. The zero-order valence-electron chi connectivity index (χ0n) is 11.8. The molecule has 0 bridgehead atoms. The van der Waals surface area contributed by atoms with Gasteiger partial charge in [-0.25, -0.2) is 4.68 Å². The molecule has 0 unspecified atom stereocenters. The average Bonchev–Trinajstić information content (AvgIpc) is 2.58. The van der Waals surface area contributed by atoms with E-state index >= 15 is 0 Å². The number of nitrogens with zero attached hydrogens (tertiary/aromatic N) is 3. The summed E-state index contributed by atoms with van der Waals surface area (Å²) in [6.45, 7) is 4.06. The molecule has 0 amide bonds. The van der Waals surface area contributed by atoms with Crippen molar-refractivity contribution in [3.05, 3.63) is 5.56 Å². The number of aromatic nitrogens is 2. The first kappa shape index (κ1) is 13.7. The van der Waals surface area contributed by atoms with Crippen LogP contribution in [-0.4, -0.2) is 15.8 Å². The van der Waals surface area contributed by atoms with Crippen molar-refractivity contribution in [2.24, 2.45) is 0 Å². The van der Waals surface area contributed by atoms with Gasteiger partial charge < -0.3 is 11.1 Å². The van der Waals surface area contributed by atoms with E-state index in [9.17, 15) is 5.26 Å². The van der Waals surface area contributed by atoms with Gasteiger partial charge in [-0.1, -0.05) is 25.7 Å². The van der Waals surface area contributed by atoms with Crippen molar-refractivity contribution in [2.45, 2.75) is 64.5 Å². The molecule has 1 aliphatic rings. The van der Waals surface area contributed by atoms with Crippen LogP contribution in [0.2, 0.25) is 0 Å². The van der Waals surface area contributed by atoms with Gasteiger partial charge >= 0.3 is 0 Å². The summed E-state index contributed by atoms with van der Waals surface area (Å²) in [7, 11) is 0. The molecule has 1 saturated carbocycles. The lowest BCUT2D eigenvalue weighted by atomic mass is 10.1. The van der Waals surface area contributed by atoms with Gasteiger partial charge in [-0.05, 0) is 26.7 Å². The van der Waals surface area contributed by atoms with Crippen LogP contribution in [0.15, 0.2) is 0 Å². The highest BCUT2D eigenvalue weighted by Crippen LogP contribution is 2.32. The molecule has 1 aliphatic carbocycles. The first-order valence-electron chi connectivity index (χ1n) is 7.18. The average molecular weight is 261 g/mol. The lowest BCUT2D eigenvalue weighted by Crippen LogP contribution is -2.14. The van der Waals surface area contributed by atoms with E-state index in [1.165, 1.54) is 25.7 Å². The predicted octanol–water partition coefficient (Wildman–Crippen LogP) is 3.05. The molecule has 0 aromatic carbocycles. The van der Waals surface area contributed by atoms with Gasteiger partial charge in [0.2, 0.25) is 0 Å². The molecular weight excluding hydrogens is 238 g/mol. The third kappa shape index (κ3) is 3.01. The molecule has 5 heteroatoms. The van der Waals surface area contributed by atoms with Crippen LogP contribution in [0, 0.1) is 11.3 Å². The van der Waals surface area contributed by atoms with Gasteiger partial charge in [0.15, 0.2) is 5.82 Å². The summed E-state index contributed by atoms with van der Waals surface area (Å²) in [6, 6.07) is 2.76. The normalized spacial score (nSPS) is 17.2. The molecule has 1 fully saturated rings. The molecule has 0 atom stereocenters. The van der Waals surface area contributed by atoms with Crippen LogP contribution in [0.5, 0.6) is 0 Å². The second-order valence-corrected chi connectivity index (χ2v) is 5.61. The summed E-state index contributed by atoms with van der Waals surface area (Å²) in [6.07, 6.45) is 7.24. The summed E-state index contributed by atoms with van der Waals surface area (Å²) in [5.41, 5.74) is 6.59. The molecule has 1 aromatic heterocycles. The highest BCUT2D eigenvalue weighted by molar-refractivity contribution is 5.64. The number of hydrogen-bond acceptors (Lipinski definition) is 4. The van der Waals surface area contributed by atoms with E-state index in [1.807, 2.05) is 18.5 Å². The van der Waals surface area contributed by atoms with Gasteiger partial charge in [-0.15, -0.1) is 0 Å². The number of nitrogens with two attached hydrogens (primary N) is 1. The fourth-order valence-corrected chi connectivity index (χ4v) is 2.71. The minimum atomic E-state index is 0.240. The Bertz CT molecular complexity index is 461. The number of nitriles is 1. The molecule has 0 radical (unpaired) electrons. The molecule has 1 aromatic rings. The first-order chi connectivity index (χ1) is 9.13. The van der Waals surface area contributed by atoms with Gasteiger partial charge in [0.25, 0.3) is 0 Å². The molecular formula is C14H23N5. The molecule has 19 heavy (non-hydrogen) atoms. The Balaban J connectivity index is 2.29. The minimum Gasteiger partial charge on any atom is -0.383 e. The number of rotatable bonds is 3. The highest BCUT2D eigenvalue weighted by Gasteiger charge is 2.22. The van der Waals surface area contributed by atoms with Crippen LogP contribution in [0.1, 0.15) is 64.0 Å². The van der Waals surface area contributed by atoms with E-state index in [1.54, 1.807) is 0 Å². The van der Waals surface area contributed by atoms with Crippen molar-refractivity contribution in [2.75, 3.05) is 11.1 Å². The van der Waals surface area contributed by atoms with Crippen LogP contribution in [0.4, 0.5) is 11.6 Å². The zero-order chi connectivity index (χ0) is 13.8. The smallest absolute Gasteiger partial charge is 0.168 e. The van der Waals surface area contributed by atoms with Crippen molar-refractivity contribution in [1.29, 1.82) is 5.26 Å². The lowest BCUT2D eigenvalue weighted by molar-refractivity contribution is 0.411. The van der Waals surface area contributed by atoms with Gasteiger partial charge in [0, 0.05) is 6.04 Å². The maximum absolute atomic E-state index is 9.26. The number of nitrogens with one attached hydrogen (secondary N) is 1. The maximum atomic E-state index is 9.26. The Labute approximate surface area is 114 Å². The topological polar surface area (TPSA) is 79.7 Å². The van der Waals surface area contributed by atoms with Crippen LogP contribution in [0.3, 0.4) is 0 Å². The van der Waals surface area contributed by atoms with Crippen molar-refractivity contribution in [1.82, 2.24) is 9.78 Å². The molecule has 1 heterocycles. The van der Waals surface area contributed by atoms with E-state index in [2.05, 4.69) is 16.5 Å². The van der Waals surface area contributed by atoms with Crippen molar-refractivity contribution >= 4 is 11.6 Å². The lowest BCUT2D eigenvalue weighted by Gasteiger charge is -2.16. The van der Waals surface area contributed by atoms with Crippen LogP contribution >= 0.6 is 0 Å². The Kier molecular flexibility index (Phi) is 4.31. The van der Waals surface area contributed by atoms with Crippen molar-refractivity contribution < 1.29 is 0 Å². The second-order valence-electron chi connectivity index (χ2n) is 5.61. The van der Waals surface area contributed by atoms with Crippen LogP contribution in [0.25, 0.3) is 0 Å². The van der Waals surface area contributed by atoms with Gasteiger partial charge in [0.05, 0.1) is 6.04 Å². The number of anilines is 2. The highest BCUT2D eigenvalue weighted by atomic mass is 15.4. The fraction of sp³-hybridized carbons (Fsp3) is 0.714. The summed E-state index contributed by atoms with van der Waals surface area (Å²) >= 11 is 0. The Morgan fingerprint density at radius 2 is 1.95 bits per heavy atom. The zero-order valence-corrected chi connectivity index (χ0v) is 11.8. The minimum absolute atomic E-state index is 0.240. The summed E-state index contributed by atoms with van der Waals surface area (Å²) in [5.74, 6) is 1.14. The molecule has 0 spiro atoms. The maximum Gasteiger partial charge on any atom is 0.168 e. The fourth-order valence-electron chi connectivity index (χ4n) is 2.71. The van der Waals surface area contributed by atoms with E-state index in [4.69, 9.17) is 5.73 Å². The summed E-state index contributed by atoms with van der Waals surface area (Å²) < 4.78 is 1.87. The Morgan fingerprint density at radius 3 is 2.47 bits per heavy atom. The van der Waals surface area contributed by atoms with Gasteiger partial charge in [0.1, 0.15) is 17.5 Å². The second kappa shape index (κ2) is 5.96. The standard InChI is InChI=1S/C14H23N5/c1-10(2)17-14-12(9-15)13(16)19(18-14)11-7-5-3-4-6-8-11/h10-11H,3-8,16H2,1-2H3,(H,17,18). The first-order valence-corrected chi connectivity index (χ1v) is 7.18. The molecule has 0 saturated heterocycles. The molecule has 0 aliphatic heterocycles. The van der Waals surface area contributed by atoms with E-state index < -0.39 is 0 Å². The monoisotopic (exact) mass is 261 g/mol. The Hall–Kier alpha value is -1.70. The third-order valence-electron chi connectivity index (χ3n) is 3.66. The van der Waals surface area contributed by atoms with Crippen LogP contribution in [-0.2, 0) is 0 Å². The van der Waals surface area contributed by atoms with E-state index in [0.717, 1.165) is 12.8 Å². The quantitative estimate of drug-likeness (QED) is 0.819.